The Kier molecular flexibility index (Phi) is 2.80. The summed E-state index contributed by atoms with van der Waals surface area (Å²) >= 11 is 5.05. The van der Waals surface area contributed by atoms with Crippen LogP contribution in [0.15, 0.2) is 0 Å². The maximum Gasteiger partial charge on any atom is 0.353 e. The Balaban J connectivity index is 2.26. The van der Waals surface area contributed by atoms with Gasteiger partial charge < -0.3 is 9.47 Å². The van der Waals surface area contributed by atoms with E-state index < -0.39 is 16.1 Å². The van der Waals surface area contributed by atoms with Gasteiger partial charge in [0, 0.05) is 12.2 Å². The molecule has 0 spiro atoms. The predicted molar refractivity (Wildman–Crippen MR) is 76.5 cm³/mol. The van der Waals surface area contributed by atoms with Gasteiger partial charge >= 0.3 is 5.24 Å². The third kappa shape index (κ3) is 1.86. The molecule has 5 heteroatoms. The van der Waals surface area contributed by atoms with Crippen LogP contribution in [-0.4, -0.2) is 33.6 Å². The standard InChI is InChI=1S/C11H22O2SSi2/c1-15(2,3)9-7-8(13-11(14)12-7)10(9)16(4,5)6/h7-10H,1-6H3/t7-,8+,9-,10-/m1/s1. The second kappa shape index (κ2) is 3.56. The molecule has 0 N–H and O–H groups in total. The lowest BCUT2D eigenvalue weighted by Gasteiger charge is -2.55. The fraction of sp³-hybridized carbons (Fsp3) is 0.909. The summed E-state index contributed by atoms with van der Waals surface area (Å²) in [5.41, 5.74) is 1.45. The van der Waals surface area contributed by atoms with Crippen molar-refractivity contribution in [3.05, 3.63) is 0 Å². The number of rotatable bonds is 2. The lowest BCUT2D eigenvalue weighted by atomic mass is 9.90. The van der Waals surface area contributed by atoms with Gasteiger partial charge in [-0.05, 0) is 11.1 Å². The van der Waals surface area contributed by atoms with E-state index in [4.69, 9.17) is 21.7 Å². The Morgan fingerprint density at radius 1 is 0.812 bits per heavy atom. The van der Waals surface area contributed by atoms with Gasteiger partial charge in [0.05, 0.1) is 16.1 Å². The summed E-state index contributed by atoms with van der Waals surface area (Å²) < 4.78 is 11.4. The van der Waals surface area contributed by atoms with Crippen LogP contribution in [0.25, 0.3) is 0 Å². The maximum absolute atomic E-state index is 5.69. The van der Waals surface area contributed by atoms with Gasteiger partial charge in [-0.2, -0.15) is 0 Å². The topological polar surface area (TPSA) is 18.5 Å². The lowest BCUT2D eigenvalue weighted by Crippen LogP contribution is -2.62. The van der Waals surface area contributed by atoms with Gasteiger partial charge in [-0.15, -0.1) is 0 Å². The van der Waals surface area contributed by atoms with Crippen molar-refractivity contribution in [2.24, 2.45) is 0 Å². The van der Waals surface area contributed by atoms with Crippen LogP contribution in [0.4, 0.5) is 0 Å². The molecule has 2 aliphatic rings. The largest absolute Gasteiger partial charge is 0.450 e. The Bertz CT molecular complexity index is 289. The molecule has 0 amide bonds. The number of thiocarbonyl (C=S) groups is 1. The monoisotopic (exact) mass is 274 g/mol. The van der Waals surface area contributed by atoms with E-state index in [1.807, 2.05) is 0 Å². The molecule has 0 bridgehead atoms. The lowest BCUT2D eigenvalue weighted by molar-refractivity contribution is 0.0562. The van der Waals surface area contributed by atoms with Crippen LogP contribution in [0, 0.1) is 0 Å². The summed E-state index contributed by atoms with van der Waals surface area (Å²) in [6.45, 7) is 14.6. The molecule has 4 atom stereocenters. The molecule has 1 aliphatic heterocycles. The first-order valence-electron chi connectivity index (χ1n) is 5.99. The molecule has 0 radical (unpaired) electrons. The molecule has 1 saturated heterocycles. The summed E-state index contributed by atoms with van der Waals surface area (Å²) in [4.78, 5) is 0. The van der Waals surface area contributed by atoms with Gasteiger partial charge in [0.2, 0.25) is 0 Å². The van der Waals surface area contributed by atoms with E-state index in [1.54, 1.807) is 0 Å². The average Bonchev–Trinajstić information content (AvgIpc) is 2.26. The molecule has 1 heterocycles. The highest BCUT2D eigenvalue weighted by atomic mass is 32.1. The molecular formula is C11H22O2SSi2. The predicted octanol–water partition coefficient (Wildman–Crippen LogP) is 3.49. The van der Waals surface area contributed by atoms with Crippen molar-refractivity contribution in [3.63, 3.8) is 0 Å². The van der Waals surface area contributed by atoms with E-state index in [0.717, 1.165) is 11.1 Å². The zero-order valence-electron chi connectivity index (χ0n) is 11.0. The molecule has 0 aromatic heterocycles. The second-order valence-corrected chi connectivity index (χ2v) is 18.3. The highest BCUT2D eigenvalue weighted by Gasteiger charge is 2.65. The van der Waals surface area contributed by atoms with E-state index in [9.17, 15) is 0 Å². The van der Waals surface area contributed by atoms with Crippen molar-refractivity contribution in [3.8, 4) is 0 Å². The van der Waals surface area contributed by atoms with Crippen molar-refractivity contribution < 1.29 is 9.47 Å². The number of ether oxygens (including phenoxy) is 2. The summed E-state index contributed by atoms with van der Waals surface area (Å²) in [6.07, 6.45) is 0.548. The van der Waals surface area contributed by atoms with E-state index in [2.05, 4.69) is 39.3 Å². The highest BCUT2D eigenvalue weighted by molar-refractivity contribution is 7.79. The second-order valence-electron chi connectivity index (χ2n) is 7.20. The Morgan fingerprint density at radius 2 is 1.12 bits per heavy atom. The van der Waals surface area contributed by atoms with Crippen LogP contribution in [0.2, 0.25) is 50.4 Å². The molecule has 1 aliphatic carbocycles. The van der Waals surface area contributed by atoms with Crippen LogP contribution >= 0.6 is 12.2 Å². The SMILES string of the molecule is C[Si](C)(C)[C@@H]1[C@@H]2OC(=S)O[C@@H]2[C@H]1[Si](C)(C)C. The van der Waals surface area contributed by atoms with Gasteiger partial charge in [-0.3, -0.25) is 0 Å². The average molecular weight is 275 g/mol. The van der Waals surface area contributed by atoms with Crippen LogP contribution in [0.5, 0.6) is 0 Å². The van der Waals surface area contributed by atoms with E-state index in [0.29, 0.717) is 5.24 Å². The molecule has 2 rings (SSSR count). The molecule has 0 unspecified atom stereocenters. The molecule has 16 heavy (non-hydrogen) atoms. The molecular weight excluding hydrogens is 252 g/mol. The third-order valence-electron chi connectivity index (χ3n) is 3.88. The van der Waals surface area contributed by atoms with Crippen molar-refractivity contribution in [1.82, 2.24) is 0 Å². The first-order valence-corrected chi connectivity index (χ1v) is 13.6. The summed E-state index contributed by atoms with van der Waals surface area (Å²) in [7, 11) is -2.38. The first kappa shape index (κ1) is 12.6. The molecule has 1 saturated carbocycles. The van der Waals surface area contributed by atoms with Crippen LogP contribution in [0.1, 0.15) is 0 Å². The zero-order valence-corrected chi connectivity index (χ0v) is 13.9. The minimum atomic E-state index is -1.19. The van der Waals surface area contributed by atoms with Crippen molar-refractivity contribution in [2.45, 2.75) is 62.6 Å². The van der Waals surface area contributed by atoms with Crippen LogP contribution < -0.4 is 0 Å². The van der Waals surface area contributed by atoms with E-state index in [-0.39, 0.29) is 12.2 Å². The summed E-state index contributed by atoms with van der Waals surface area (Å²) in [6, 6.07) is 0. The summed E-state index contributed by atoms with van der Waals surface area (Å²) in [5, 5.41) is 0.388. The number of hydrogen-bond donors (Lipinski definition) is 0. The zero-order chi connectivity index (χ0) is 12.3. The molecule has 2 fully saturated rings. The fourth-order valence-electron chi connectivity index (χ4n) is 3.27. The summed E-state index contributed by atoms with van der Waals surface area (Å²) in [5.74, 6) is 0. The van der Waals surface area contributed by atoms with Crippen molar-refractivity contribution in [1.29, 1.82) is 0 Å². The third-order valence-corrected chi connectivity index (χ3v) is 9.78. The smallest absolute Gasteiger partial charge is 0.353 e. The van der Waals surface area contributed by atoms with Crippen molar-refractivity contribution in [2.75, 3.05) is 0 Å². The quantitative estimate of drug-likeness (QED) is 0.567. The van der Waals surface area contributed by atoms with Crippen LogP contribution in [0.3, 0.4) is 0 Å². The first-order chi connectivity index (χ1) is 7.12. The normalized spacial score (nSPS) is 38.5. The van der Waals surface area contributed by atoms with Crippen molar-refractivity contribution >= 4 is 33.6 Å². The van der Waals surface area contributed by atoms with Gasteiger partial charge in [0.15, 0.2) is 0 Å². The molecule has 92 valence electrons. The van der Waals surface area contributed by atoms with Gasteiger partial charge in [0.25, 0.3) is 0 Å². The fourth-order valence-corrected chi connectivity index (χ4v) is 11.5. The molecule has 0 aromatic rings. The van der Waals surface area contributed by atoms with Crippen LogP contribution in [-0.2, 0) is 9.47 Å². The molecule has 0 aromatic carbocycles. The van der Waals surface area contributed by atoms with Gasteiger partial charge in [-0.1, -0.05) is 39.3 Å². The minimum absolute atomic E-state index is 0.274. The Morgan fingerprint density at radius 3 is 1.38 bits per heavy atom. The minimum Gasteiger partial charge on any atom is -0.450 e. The number of hydrogen-bond acceptors (Lipinski definition) is 3. The Hall–Kier alpha value is 0.124. The highest BCUT2D eigenvalue weighted by Crippen LogP contribution is 2.60. The van der Waals surface area contributed by atoms with Gasteiger partial charge in [0.1, 0.15) is 12.2 Å². The van der Waals surface area contributed by atoms with E-state index in [1.165, 1.54) is 0 Å². The number of fused-ring (bicyclic) bond motifs is 1. The van der Waals surface area contributed by atoms with E-state index >= 15 is 0 Å². The maximum atomic E-state index is 5.69. The van der Waals surface area contributed by atoms with Gasteiger partial charge in [-0.25, -0.2) is 0 Å². The Labute approximate surface area is 106 Å². The molecule has 2 nitrogen and oxygen atoms in total.